The maximum atomic E-state index is 13.7. The van der Waals surface area contributed by atoms with Crippen LogP contribution in [-0.4, -0.2) is 15.8 Å². The molecule has 25 heavy (non-hydrogen) atoms. The number of rotatable bonds is 4. The molecule has 0 aliphatic rings. The van der Waals surface area contributed by atoms with Gasteiger partial charge < -0.3 is 10.3 Å². The van der Waals surface area contributed by atoms with Crippen molar-refractivity contribution in [3.8, 4) is 0 Å². The van der Waals surface area contributed by atoms with Gasteiger partial charge >= 0.3 is 6.18 Å². The molecule has 2 N–H and O–H groups in total. The van der Waals surface area contributed by atoms with Gasteiger partial charge in [0, 0.05) is 5.69 Å². The van der Waals surface area contributed by atoms with Gasteiger partial charge in [-0.05, 0) is 30.3 Å². The van der Waals surface area contributed by atoms with Crippen LogP contribution in [0.4, 0.5) is 29.2 Å². The molecule has 0 fully saturated rings. The first-order valence-corrected chi connectivity index (χ1v) is 7.13. The van der Waals surface area contributed by atoms with Crippen LogP contribution in [0.3, 0.4) is 0 Å². The Labute approximate surface area is 139 Å². The predicted octanol–water partition coefficient (Wildman–Crippen LogP) is 4.54. The van der Waals surface area contributed by atoms with E-state index in [4.69, 9.17) is 0 Å². The van der Waals surface area contributed by atoms with Gasteiger partial charge in [0.15, 0.2) is 0 Å². The number of imidazole rings is 1. The molecule has 3 aromatic rings. The average molecular weight is 349 g/mol. The zero-order chi connectivity index (χ0) is 18.0. The van der Waals surface area contributed by atoms with Crippen LogP contribution < -0.4 is 5.32 Å². The molecule has 0 radical (unpaired) electrons. The number of halogens is 4. The minimum Gasteiger partial charge on any atom is -0.326 e. The normalized spacial score (nSPS) is 11.4. The number of alkyl halides is 3. The van der Waals surface area contributed by atoms with Gasteiger partial charge in [-0.3, -0.25) is 4.79 Å². The van der Waals surface area contributed by atoms with E-state index in [-0.39, 0.29) is 22.9 Å². The number of benzene rings is 2. The molecule has 0 amide bonds. The van der Waals surface area contributed by atoms with E-state index in [0.29, 0.717) is 0 Å². The monoisotopic (exact) mass is 349 g/mol. The molecule has 1 aromatic heterocycles. The fraction of sp³-hybridized carbons (Fsp3) is 0.0588. The Hall–Kier alpha value is -3.16. The lowest BCUT2D eigenvalue weighted by Crippen LogP contribution is -2.06. The maximum absolute atomic E-state index is 13.7. The van der Waals surface area contributed by atoms with Crippen LogP contribution in [0.15, 0.2) is 54.7 Å². The summed E-state index contributed by atoms with van der Waals surface area (Å²) in [7, 11) is 0. The van der Waals surface area contributed by atoms with Crippen molar-refractivity contribution in [1.29, 1.82) is 0 Å². The standard InChI is InChI=1S/C17H11F4N3O/c18-13-7-2-1-6-12(13)15(25)14-9-22-16(24-14)23-11-5-3-4-10(8-11)17(19,20)21/h1-9H,(H2,22,23,24). The summed E-state index contributed by atoms with van der Waals surface area (Å²) in [5, 5.41) is 2.65. The third kappa shape index (κ3) is 3.68. The molecule has 0 saturated carbocycles. The fourth-order valence-corrected chi connectivity index (χ4v) is 2.20. The van der Waals surface area contributed by atoms with Crippen LogP contribution in [0, 0.1) is 5.82 Å². The Morgan fingerprint density at radius 1 is 1.08 bits per heavy atom. The van der Waals surface area contributed by atoms with E-state index >= 15 is 0 Å². The molecule has 2 aromatic carbocycles. The van der Waals surface area contributed by atoms with Crippen molar-refractivity contribution in [3.05, 3.63) is 77.4 Å². The number of aromatic amines is 1. The Bertz CT molecular complexity index is 918. The molecule has 128 valence electrons. The molecule has 3 rings (SSSR count). The number of nitrogens with zero attached hydrogens (tertiary/aromatic N) is 1. The SMILES string of the molecule is O=C(c1cnc(Nc2cccc(C(F)(F)F)c2)[nH]1)c1ccccc1F. The highest BCUT2D eigenvalue weighted by molar-refractivity contribution is 6.08. The zero-order valence-corrected chi connectivity index (χ0v) is 12.6. The summed E-state index contributed by atoms with van der Waals surface area (Å²) in [4.78, 5) is 18.7. The molecule has 0 spiro atoms. The van der Waals surface area contributed by atoms with Gasteiger partial charge in [0.05, 0.1) is 17.3 Å². The summed E-state index contributed by atoms with van der Waals surface area (Å²) in [6.45, 7) is 0. The van der Waals surface area contributed by atoms with Gasteiger partial charge in [-0.1, -0.05) is 18.2 Å². The number of carbonyl (C=O) groups is 1. The molecule has 4 nitrogen and oxygen atoms in total. The fourth-order valence-electron chi connectivity index (χ4n) is 2.20. The highest BCUT2D eigenvalue weighted by Gasteiger charge is 2.30. The lowest BCUT2D eigenvalue weighted by Gasteiger charge is -2.09. The third-order valence-electron chi connectivity index (χ3n) is 3.39. The van der Waals surface area contributed by atoms with Crippen LogP contribution in [0.25, 0.3) is 0 Å². The number of hydrogen-bond donors (Lipinski definition) is 2. The molecule has 0 saturated heterocycles. The minimum atomic E-state index is -4.47. The van der Waals surface area contributed by atoms with Crippen LogP contribution >= 0.6 is 0 Å². The van der Waals surface area contributed by atoms with Crippen molar-refractivity contribution in [2.24, 2.45) is 0 Å². The Morgan fingerprint density at radius 3 is 2.56 bits per heavy atom. The molecule has 0 bridgehead atoms. The van der Waals surface area contributed by atoms with Crippen molar-refractivity contribution >= 4 is 17.4 Å². The van der Waals surface area contributed by atoms with Crippen LogP contribution in [0.5, 0.6) is 0 Å². The Kier molecular flexibility index (Phi) is 4.26. The van der Waals surface area contributed by atoms with Crippen molar-refractivity contribution in [2.45, 2.75) is 6.18 Å². The van der Waals surface area contributed by atoms with Gasteiger partial charge in [0.25, 0.3) is 0 Å². The first kappa shape index (κ1) is 16.7. The van der Waals surface area contributed by atoms with E-state index in [1.807, 2.05) is 0 Å². The van der Waals surface area contributed by atoms with Crippen LogP contribution in [-0.2, 0) is 6.18 Å². The van der Waals surface area contributed by atoms with Gasteiger partial charge in [-0.25, -0.2) is 9.37 Å². The van der Waals surface area contributed by atoms with Gasteiger partial charge in [0.1, 0.15) is 11.5 Å². The number of ketones is 1. The van der Waals surface area contributed by atoms with Crippen molar-refractivity contribution < 1.29 is 22.4 Å². The molecule has 0 atom stereocenters. The largest absolute Gasteiger partial charge is 0.416 e. The summed E-state index contributed by atoms with van der Waals surface area (Å²) in [5.74, 6) is -1.21. The molecular formula is C17H11F4N3O. The van der Waals surface area contributed by atoms with Crippen LogP contribution in [0.1, 0.15) is 21.6 Å². The van der Waals surface area contributed by atoms with E-state index < -0.39 is 23.3 Å². The Balaban J connectivity index is 1.81. The predicted molar refractivity (Wildman–Crippen MR) is 83.1 cm³/mol. The molecule has 0 unspecified atom stereocenters. The van der Waals surface area contributed by atoms with E-state index in [0.717, 1.165) is 18.2 Å². The molecular weight excluding hydrogens is 338 g/mol. The maximum Gasteiger partial charge on any atom is 0.416 e. The second kappa shape index (κ2) is 6.39. The minimum absolute atomic E-state index is 0.0135. The number of hydrogen-bond acceptors (Lipinski definition) is 3. The summed E-state index contributed by atoms with van der Waals surface area (Å²) < 4.78 is 51.8. The topological polar surface area (TPSA) is 57.8 Å². The van der Waals surface area contributed by atoms with Crippen molar-refractivity contribution in [1.82, 2.24) is 9.97 Å². The van der Waals surface area contributed by atoms with Gasteiger partial charge in [0.2, 0.25) is 11.7 Å². The summed E-state index contributed by atoms with van der Waals surface area (Å²) >= 11 is 0. The summed E-state index contributed by atoms with van der Waals surface area (Å²) in [6.07, 6.45) is -3.28. The Morgan fingerprint density at radius 2 is 1.84 bits per heavy atom. The number of aromatic nitrogens is 2. The van der Waals surface area contributed by atoms with E-state index in [9.17, 15) is 22.4 Å². The molecule has 1 heterocycles. The number of carbonyl (C=O) groups excluding carboxylic acids is 1. The summed E-state index contributed by atoms with van der Waals surface area (Å²) in [5.41, 5.74) is -0.780. The van der Waals surface area contributed by atoms with Crippen LogP contribution in [0.2, 0.25) is 0 Å². The first-order valence-electron chi connectivity index (χ1n) is 7.13. The smallest absolute Gasteiger partial charge is 0.326 e. The number of H-pyrrole nitrogens is 1. The van der Waals surface area contributed by atoms with E-state index in [1.165, 1.54) is 36.5 Å². The molecule has 0 aliphatic carbocycles. The number of anilines is 2. The van der Waals surface area contributed by atoms with Gasteiger partial charge in [-0.2, -0.15) is 13.2 Å². The lowest BCUT2D eigenvalue weighted by molar-refractivity contribution is -0.137. The number of nitrogens with one attached hydrogen (secondary N) is 2. The molecule has 0 aliphatic heterocycles. The zero-order valence-electron chi connectivity index (χ0n) is 12.6. The van der Waals surface area contributed by atoms with Crippen molar-refractivity contribution in [3.63, 3.8) is 0 Å². The van der Waals surface area contributed by atoms with E-state index in [2.05, 4.69) is 15.3 Å². The first-order chi connectivity index (χ1) is 11.8. The van der Waals surface area contributed by atoms with Crippen molar-refractivity contribution in [2.75, 3.05) is 5.32 Å². The quantitative estimate of drug-likeness (QED) is 0.537. The third-order valence-corrected chi connectivity index (χ3v) is 3.39. The average Bonchev–Trinajstić information content (AvgIpc) is 3.03. The van der Waals surface area contributed by atoms with Gasteiger partial charge in [-0.15, -0.1) is 0 Å². The molecule has 8 heteroatoms. The lowest BCUT2D eigenvalue weighted by atomic mass is 10.1. The highest BCUT2D eigenvalue weighted by Crippen LogP contribution is 2.31. The second-order valence-corrected chi connectivity index (χ2v) is 5.16. The highest BCUT2D eigenvalue weighted by atomic mass is 19.4. The van der Waals surface area contributed by atoms with E-state index in [1.54, 1.807) is 0 Å². The summed E-state index contributed by atoms with van der Waals surface area (Å²) in [6, 6.07) is 10.0. The second-order valence-electron chi connectivity index (χ2n) is 5.16.